The van der Waals surface area contributed by atoms with Gasteiger partial charge in [-0.3, -0.25) is 4.68 Å². The molecule has 2 fully saturated rings. The van der Waals surface area contributed by atoms with E-state index in [-0.39, 0.29) is 17.3 Å². The predicted octanol–water partition coefficient (Wildman–Crippen LogP) is 1.81. The normalized spacial score (nSPS) is 31.9. The van der Waals surface area contributed by atoms with Crippen LogP contribution in [0.25, 0.3) is 0 Å². The third kappa shape index (κ3) is 2.14. The van der Waals surface area contributed by atoms with Crippen molar-refractivity contribution in [2.45, 2.75) is 30.9 Å². The highest BCUT2D eigenvalue weighted by Crippen LogP contribution is 2.41. The Balaban J connectivity index is 1.76. The maximum Gasteiger partial charge on any atom is 0.356 e. The van der Waals surface area contributed by atoms with Crippen LogP contribution in [0.15, 0.2) is 12.3 Å². The van der Waals surface area contributed by atoms with Crippen LogP contribution in [0, 0.1) is 0 Å². The maximum atomic E-state index is 10.8. The third-order valence-electron chi connectivity index (χ3n) is 3.74. The van der Waals surface area contributed by atoms with E-state index in [2.05, 4.69) is 5.10 Å². The van der Waals surface area contributed by atoms with E-state index in [1.54, 1.807) is 16.9 Å². The Morgan fingerprint density at radius 3 is 3.22 bits per heavy atom. The monoisotopic (exact) mass is 268 g/mol. The van der Waals surface area contributed by atoms with Crippen molar-refractivity contribution >= 4 is 17.7 Å². The van der Waals surface area contributed by atoms with Gasteiger partial charge >= 0.3 is 5.97 Å². The van der Waals surface area contributed by atoms with Crippen molar-refractivity contribution in [1.82, 2.24) is 9.78 Å². The van der Waals surface area contributed by atoms with Gasteiger partial charge in [0.1, 0.15) is 0 Å². The Kier molecular flexibility index (Phi) is 3.07. The molecule has 0 radical (unpaired) electrons. The van der Waals surface area contributed by atoms with Crippen molar-refractivity contribution in [3.63, 3.8) is 0 Å². The molecule has 2 atom stereocenters. The molecule has 3 rings (SSSR count). The van der Waals surface area contributed by atoms with Crippen molar-refractivity contribution in [1.29, 1.82) is 0 Å². The summed E-state index contributed by atoms with van der Waals surface area (Å²) in [5.41, 5.74) is 0.125. The van der Waals surface area contributed by atoms with Gasteiger partial charge < -0.3 is 9.84 Å². The number of hydrogen-bond acceptors (Lipinski definition) is 4. The number of carbonyl (C=O) groups is 1. The summed E-state index contributed by atoms with van der Waals surface area (Å²) < 4.78 is 7.76. The topological polar surface area (TPSA) is 64.3 Å². The number of ether oxygens (including phenoxy) is 1. The predicted molar refractivity (Wildman–Crippen MR) is 68.1 cm³/mol. The van der Waals surface area contributed by atoms with Gasteiger partial charge in [0.05, 0.1) is 11.6 Å². The van der Waals surface area contributed by atoms with Crippen molar-refractivity contribution in [3.8, 4) is 0 Å². The lowest BCUT2D eigenvalue weighted by molar-refractivity contribution is -0.0778. The first-order valence-corrected chi connectivity index (χ1v) is 7.34. The first-order chi connectivity index (χ1) is 8.69. The number of hydrogen-bond donors (Lipinski definition) is 1. The highest BCUT2D eigenvalue weighted by atomic mass is 32.2. The Bertz CT molecular complexity index is 454. The summed E-state index contributed by atoms with van der Waals surface area (Å²) in [6.45, 7) is 0.744. The molecule has 1 aromatic heterocycles. The van der Waals surface area contributed by atoms with Crippen molar-refractivity contribution in [2.24, 2.45) is 0 Å². The van der Waals surface area contributed by atoms with Crippen LogP contribution in [0.2, 0.25) is 0 Å². The molecule has 6 heteroatoms. The second kappa shape index (κ2) is 4.59. The summed E-state index contributed by atoms with van der Waals surface area (Å²) in [7, 11) is 0. The minimum absolute atomic E-state index is 0.00290. The van der Waals surface area contributed by atoms with Crippen LogP contribution in [0.3, 0.4) is 0 Å². The third-order valence-corrected chi connectivity index (χ3v) is 4.96. The molecule has 98 valence electrons. The molecule has 1 spiro atoms. The average molecular weight is 268 g/mol. The number of aromatic carboxylic acids is 1. The molecule has 0 amide bonds. The summed E-state index contributed by atoms with van der Waals surface area (Å²) in [5, 5.41) is 13.0. The van der Waals surface area contributed by atoms with E-state index in [0.29, 0.717) is 0 Å². The molecule has 3 heterocycles. The molecule has 2 saturated heterocycles. The first-order valence-electron chi connectivity index (χ1n) is 6.19. The Hall–Kier alpha value is -1.01. The molecule has 2 aliphatic heterocycles. The van der Waals surface area contributed by atoms with E-state index in [9.17, 15) is 4.79 Å². The van der Waals surface area contributed by atoms with E-state index in [4.69, 9.17) is 9.84 Å². The molecule has 0 bridgehead atoms. The number of aromatic nitrogens is 2. The lowest BCUT2D eigenvalue weighted by atomic mass is 9.90. The van der Waals surface area contributed by atoms with Gasteiger partial charge in [0.25, 0.3) is 0 Å². The van der Waals surface area contributed by atoms with Gasteiger partial charge in [0.2, 0.25) is 0 Å². The van der Waals surface area contributed by atoms with Crippen molar-refractivity contribution in [3.05, 3.63) is 18.0 Å². The van der Waals surface area contributed by atoms with Crippen LogP contribution in [-0.2, 0) is 4.74 Å². The highest BCUT2D eigenvalue weighted by molar-refractivity contribution is 7.99. The molecular weight excluding hydrogens is 252 g/mol. The molecular formula is C12H16N2O3S. The fourth-order valence-corrected chi connectivity index (χ4v) is 4.12. The molecule has 1 N–H and O–H groups in total. The average Bonchev–Trinajstić information content (AvgIpc) is 2.98. The van der Waals surface area contributed by atoms with Gasteiger partial charge in [-0.1, -0.05) is 0 Å². The van der Waals surface area contributed by atoms with E-state index in [1.807, 2.05) is 11.8 Å². The summed E-state index contributed by atoms with van der Waals surface area (Å²) in [5.74, 6) is 1.25. The van der Waals surface area contributed by atoms with Crippen LogP contribution in [0.4, 0.5) is 0 Å². The fraction of sp³-hybridized carbons (Fsp3) is 0.667. The summed E-state index contributed by atoms with van der Waals surface area (Å²) in [6.07, 6.45) is 4.73. The maximum absolute atomic E-state index is 10.8. The molecule has 18 heavy (non-hydrogen) atoms. The van der Waals surface area contributed by atoms with Gasteiger partial charge in [-0.25, -0.2) is 4.79 Å². The van der Waals surface area contributed by atoms with Gasteiger partial charge in [-0.15, -0.1) is 0 Å². The first kappa shape index (κ1) is 12.0. The lowest BCUT2D eigenvalue weighted by Crippen LogP contribution is -2.40. The Labute approximate surface area is 110 Å². The zero-order chi connectivity index (χ0) is 12.6. The molecule has 5 nitrogen and oxygen atoms in total. The fourth-order valence-electron chi connectivity index (χ4n) is 2.75. The van der Waals surface area contributed by atoms with Crippen LogP contribution in [-0.4, -0.2) is 44.6 Å². The second-order valence-electron chi connectivity index (χ2n) is 4.97. The molecule has 0 saturated carbocycles. The number of carboxylic acid groups (broad SMARTS) is 1. The van der Waals surface area contributed by atoms with Crippen LogP contribution >= 0.6 is 11.8 Å². The minimum atomic E-state index is -0.966. The lowest BCUT2D eigenvalue weighted by Gasteiger charge is -2.37. The number of thioether (sulfide) groups is 1. The quantitative estimate of drug-likeness (QED) is 0.886. The summed E-state index contributed by atoms with van der Waals surface area (Å²) in [6, 6.07) is 1.83. The smallest absolute Gasteiger partial charge is 0.356 e. The van der Waals surface area contributed by atoms with Crippen molar-refractivity contribution in [2.75, 3.05) is 18.1 Å². The molecule has 1 aromatic rings. The van der Waals surface area contributed by atoms with Gasteiger partial charge in [0, 0.05) is 18.6 Å². The molecule has 2 unspecified atom stereocenters. The Morgan fingerprint density at radius 2 is 2.56 bits per heavy atom. The number of nitrogens with zero attached hydrogens (tertiary/aromatic N) is 2. The van der Waals surface area contributed by atoms with E-state index >= 15 is 0 Å². The Morgan fingerprint density at radius 1 is 1.67 bits per heavy atom. The minimum Gasteiger partial charge on any atom is -0.476 e. The van der Waals surface area contributed by atoms with Gasteiger partial charge in [-0.2, -0.15) is 16.9 Å². The zero-order valence-electron chi connectivity index (χ0n) is 10.0. The SMILES string of the molecule is O=C(O)c1ccn(C2CCOC3(CCSC3)C2)n1. The highest BCUT2D eigenvalue weighted by Gasteiger charge is 2.41. The van der Waals surface area contributed by atoms with Crippen molar-refractivity contribution < 1.29 is 14.6 Å². The number of rotatable bonds is 2. The molecule has 0 aromatic carbocycles. The summed E-state index contributed by atoms with van der Waals surface area (Å²) in [4.78, 5) is 10.8. The second-order valence-corrected chi connectivity index (χ2v) is 6.07. The van der Waals surface area contributed by atoms with E-state index in [1.165, 1.54) is 0 Å². The van der Waals surface area contributed by atoms with E-state index in [0.717, 1.165) is 37.4 Å². The van der Waals surface area contributed by atoms with E-state index < -0.39 is 5.97 Å². The van der Waals surface area contributed by atoms with Crippen LogP contribution in [0.5, 0.6) is 0 Å². The standard InChI is InChI=1S/C12H16N2O3S/c15-11(16)10-1-4-14(13-10)9-2-5-17-12(7-9)3-6-18-8-12/h1,4,9H,2-3,5-8H2,(H,15,16). The van der Waals surface area contributed by atoms with Crippen LogP contribution < -0.4 is 0 Å². The molecule has 2 aliphatic rings. The van der Waals surface area contributed by atoms with Gasteiger partial charge in [0.15, 0.2) is 5.69 Å². The zero-order valence-corrected chi connectivity index (χ0v) is 10.9. The van der Waals surface area contributed by atoms with Gasteiger partial charge in [-0.05, 0) is 31.1 Å². The van der Waals surface area contributed by atoms with Crippen LogP contribution in [0.1, 0.15) is 35.8 Å². The summed E-state index contributed by atoms with van der Waals surface area (Å²) >= 11 is 1.94. The number of carboxylic acids is 1. The molecule has 0 aliphatic carbocycles. The largest absolute Gasteiger partial charge is 0.476 e.